The van der Waals surface area contributed by atoms with Gasteiger partial charge in [-0.2, -0.15) is 0 Å². The third-order valence-electron chi connectivity index (χ3n) is 2.83. The van der Waals surface area contributed by atoms with E-state index in [2.05, 4.69) is 34.8 Å². The maximum absolute atomic E-state index is 5.77. The molecule has 1 rings (SSSR count). The standard InChI is InChI=1S/C14H22BrNO2/c1-4-17-13-7-5-6-8-14(13)18-10-9-16(3)12(2)11-15/h5-8,12H,4,9-11H2,1-3H3. The summed E-state index contributed by atoms with van der Waals surface area (Å²) in [5.41, 5.74) is 0. The quantitative estimate of drug-likeness (QED) is 0.688. The minimum Gasteiger partial charge on any atom is -0.490 e. The van der Waals surface area contributed by atoms with E-state index >= 15 is 0 Å². The van der Waals surface area contributed by atoms with Crippen molar-refractivity contribution >= 4 is 15.9 Å². The molecule has 1 atom stereocenters. The molecule has 3 nitrogen and oxygen atoms in total. The first kappa shape index (κ1) is 15.3. The zero-order valence-corrected chi connectivity index (χ0v) is 12.9. The van der Waals surface area contributed by atoms with E-state index in [1.807, 2.05) is 31.2 Å². The van der Waals surface area contributed by atoms with Crippen molar-refractivity contribution in [1.29, 1.82) is 0 Å². The van der Waals surface area contributed by atoms with Gasteiger partial charge in [-0.05, 0) is 33.0 Å². The lowest BCUT2D eigenvalue weighted by atomic mass is 10.3. The summed E-state index contributed by atoms with van der Waals surface area (Å²) in [7, 11) is 2.10. The Hall–Kier alpha value is -0.740. The van der Waals surface area contributed by atoms with Crippen LogP contribution in [0, 0.1) is 0 Å². The zero-order valence-electron chi connectivity index (χ0n) is 11.4. The monoisotopic (exact) mass is 315 g/mol. The van der Waals surface area contributed by atoms with Crippen LogP contribution in [0.15, 0.2) is 24.3 Å². The molecule has 0 aromatic heterocycles. The van der Waals surface area contributed by atoms with E-state index in [1.54, 1.807) is 0 Å². The molecule has 102 valence electrons. The Kier molecular flexibility index (Phi) is 7.13. The maximum Gasteiger partial charge on any atom is 0.161 e. The van der Waals surface area contributed by atoms with E-state index in [0.29, 0.717) is 19.3 Å². The van der Waals surface area contributed by atoms with Crippen LogP contribution in [0.2, 0.25) is 0 Å². The third kappa shape index (κ3) is 4.86. The molecule has 0 bridgehead atoms. The lowest BCUT2D eigenvalue weighted by Gasteiger charge is -2.23. The molecule has 0 saturated heterocycles. The van der Waals surface area contributed by atoms with Gasteiger partial charge in [0.05, 0.1) is 6.61 Å². The lowest BCUT2D eigenvalue weighted by molar-refractivity contribution is 0.204. The molecule has 4 heteroatoms. The summed E-state index contributed by atoms with van der Waals surface area (Å²) in [4.78, 5) is 2.26. The van der Waals surface area contributed by atoms with E-state index in [0.717, 1.165) is 23.4 Å². The number of benzene rings is 1. The van der Waals surface area contributed by atoms with E-state index in [9.17, 15) is 0 Å². The van der Waals surface area contributed by atoms with Gasteiger partial charge in [-0.3, -0.25) is 4.90 Å². The van der Waals surface area contributed by atoms with E-state index in [4.69, 9.17) is 9.47 Å². The van der Waals surface area contributed by atoms with E-state index in [-0.39, 0.29) is 0 Å². The van der Waals surface area contributed by atoms with Crippen LogP contribution in [0.5, 0.6) is 11.5 Å². The van der Waals surface area contributed by atoms with Crippen LogP contribution in [0.4, 0.5) is 0 Å². The highest BCUT2D eigenvalue weighted by Crippen LogP contribution is 2.26. The first-order valence-electron chi connectivity index (χ1n) is 6.29. The van der Waals surface area contributed by atoms with Gasteiger partial charge < -0.3 is 9.47 Å². The number of alkyl halides is 1. The van der Waals surface area contributed by atoms with Crippen LogP contribution in [0.3, 0.4) is 0 Å². The average molecular weight is 316 g/mol. The Labute approximate surface area is 118 Å². The summed E-state index contributed by atoms with van der Waals surface area (Å²) < 4.78 is 11.3. The Bertz CT molecular complexity index is 346. The molecule has 0 saturated carbocycles. The van der Waals surface area contributed by atoms with Gasteiger partial charge in [0.25, 0.3) is 0 Å². The smallest absolute Gasteiger partial charge is 0.161 e. The van der Waals surface area contributed by atoms with Crippen molar-refractivity contribution in [3.05, 3.63) is 24.3 Å². The second-order valence-corrected chi connectivity index (χ2v) is 4.86. The zero-order chi connectivity index (χ0) is 13.4. The number of rotatable bonds is 8. The molecule has 0 aliphatic heterocycles. The maximum atomic E-state index is 5.77. The van der Waals surface area contributed by atoms with E-state index < -0.39 is 0 Å². The molecule has 0 aliphatic rings. The van der Waals surface area contributed by atoms with Gasteiger partial charge in [-0.25, -0.2) is 0 Å². The Morgan fingerprint density at radius 3 is 2.39 bits per heavy atom. The van der Waals surface area contributed by atoms with Crippen LogP contribution < -0.4 is 9.47 Å². The van der Waals surface area contributed by atoms with E-state index in [1.165, 1.54) is 0 Å². The molecule has 0 amide bonds. The highest BCUT2D eigenvalue weighted by atomic mass is 79.9. The normalized spacial score (nSPS) is 12.5. The van der Waals surface area contributed by atoms with Crippen molar-refractivity contribution in [2.24, 2.45) is 0 Å². The van der Waals surface area contributed by atoms with Gasteiger partial charge in [-0.15, -0.1) is 0 Å². The highest BCUT2D eigenvalue weighted by Gasteiger charge is 2.08. The van der Waals surface area contributed by atoms with Crippen molar-refractivity contribution in [3.8, 4) is 11.5 Å². The molecule has 1 unspecified atom stereocenters. The van der Waals surface area contributed by atoms with Gasteiger partial charge in [0, 0.05) is 17.9 Å². The summed E-state index contributed by atoms with van der Waals surface area (Å²) in [6.07, 6.45) is 0. The van der Waals surface area contributed by atoms with Crippen LogP contribution >= 0.6 is 15.9 Å². The van der Waals surface area contributed by atoms with Crippen LogP contribution in [-0.2, 0) is 0 Å². The molecule has 0 spiro atoms. The predicted molar refractivity (Wildman–Crippen MR) is 79.0 cm³/mol. The molecule has 0 N–H and O–H groups in total. The largest absolute Gasteiger partial charge is 0.490 e. The summed E-state index contributed by atoms with van der Waals surface area (Å²) >= 11 is 3.48. The Morgan fingerprint density at radius 2 is 1.83 bits per heavy atom. The molecule has 18 heavy (non-hydrogen) atoms. The number of likely N-dealkylation sites (N-methyl/N-ethyl adjacent to an activating group) is 1. The third-order valence-corrected chi connectivity index (χ3v) is 3.76. The first-order chi connectivity index (χ1) is 8.69. The fourth-order valence-electron chi connectivity index (χ4n) is 1.48. The summed E-state index contributed by atoms with van der Waals surface area (Å²) in [5, 5.41) is 0.971. The second-order valence-electron chi connectivity index (χ2n) is 4.21. The molecule has 1 aromatic carbocycles. The number of nitrogens with zero attached hydrogens (tertiary/aromatic N) is 1. The SMILES string of the molecule is CCOc1ccccc1OCCN(C)C(C)CBr. The van der Waals surface area contributed by atoms with Crippen LogP contribution in [0.25, 0.3) is 0 Å². The van der Waals surface area contributed by atoms with Crippen molar-refractivity contribution in [3.63, 3.8) is 0 Å². The Morgan fingerprint density at radius 1 is 1.22 bits per heavy atom. The minimum absolute atomic E-state index is 0.510. The van der Waals surface area contributed by atoms with Gasteiger partial charge in [0.15, 0.2) is 11.5 Å². The number of hydrogen-bond acceptors (Lipinski definition) is 3. The fourth-order valence-corrected chi connectivity index (χ4v) is 1.98. The van der Waals surface area contributed by atoms with Crippen molar-refractivity contribution in [2.75, 3.05) is 32.1 Å². The number of hydrogen-bond donors (Lipinski definition) is 0. The molecule has 0 aliphatic carbocycles. The Balaban J connectivity index is 2.43. The van der Waals surface area contributed by atoms with Crippen molar-refractivity contribution in [2.45, 2.75) is 19.9 Å². The molecule has 0 radical (unpaired) electrons. The summed E-state index contributed by atoms with van der Waals surface area (Å²) in [5.74, 6) is 1.63. The predicted octanol–water partition coefficient (Wildman–Crippen LogP) is 3.18. The average Bonchev–Trinajstić information content (AvgIpc) is 2.40. The molecule has 1 aromatic rings. The highest BCUT2D eigenvalue weighted by molar-refractivity contribution is 9.09. The van der Waals surface area contributed by atoms with Gasteiger partial charge in [-0.1, -0.05) is 28.1 Å². The molecular formula is C14H22BrNO2. The number of halogens is 1. The summed E-state index contributed by atoms with van der Waals surface area (Å²) in [6, 6.07) is 8.30. The van der Waals surface area contributed by atoms with Crippen LogP contribution in [0.1, 0.15) is 13.8 Å². The molecule has 0 fully saturated rings. The van der Waals surface area contributed by atoms with Crippen molar-refractivity contribution in [1.82, 2.24) is 4.90 Å². The van der Waals surface area contributed by atoms with Crippen molar-refractivity contribution < 1.29 is 9.47 Å². The van der Waals surface area contributed by atoms with Gasteiger partial charge in [0.1, 0.15) is 6.61 Å². The lowest BCUT2D eigenvalue weighted by Crippen LogP contribution is -2.33. The van der Waals surface area contributed by atoms with Crippen LogP contribution in [-0.4, -0.2) is 43.1 Å². The minimum atomic E-state index is 0.510. The molecule has 0 heterocycles. The number of para-hydroxylation sites is 2. The first-order valence-corrected chi connectivity index (χ1v) is 7.42. The topological polar surface area (TPSA) is 21.7 Å². The molecular weight excluding hydrogens is 294 g/mol. The summed E-state index contributed by atoms with van der Waals surface area (Å²) in [6.45, 7) is 6.37. The fraction of sp³-hybridized carbons (Fsp3) is 0.571. The number of ether oxygens (including phenoxy) is 2. The van der Waals surface area contributed by atoms with Gasteiger partial charge >= 0.3 is 0 Å². The second kappa shape index (κ2) is 8.38. The van der Waals surface area contributed by atoms with Gasteiger partial charge in [0.2, 0.25) is 0 Å².